The van der Waals surface area contributed by atoms with E-state index in [9.17, 15) is 18.0 Å². The van der Waals surface area contributed by atoms with Crippen molar-refractivity contribution in [3.8, 4) is 0 Å². The molecule has 1 aromatic carbocycles. The maximum Gasteiger partial charge on any atom is 0.337 e. The number of methoxy groups -OCH3 is 1. The molecule has 0 bridgehead atoms. The number of rotatable bonds is 6. The van der Waals surface area contributed by atoms with Crippen molar-refractivity contribution in [3.05, 3.63) is 29.8 Å². The fourth-order valence-electron chi connectivity index (χ4n) is 1.80. The van der Waals surface area contributed by atoms with Gasteiger partial charge in [-0.1, -0.05) is 6.07 Å². The topological polar surface area (TPSA) is 116 Å². The average molecular weight is 314 g/mol. The monoisotopic (exact) mass is 314 g/mol. The van der Waals surface area contributed by atoms with Crippen LogP contribution in [0, 0.1) is 0 Å². The fourth-order valence-corrected chi connectivity index (χ4v) is 3.26. The third-order valence-electron chi connectivity index (χ3n) is 2.59. The van der Waals surface area contributed by atoms with Crippen LogP contribution in [0.3, 0.4) is 0 Å². The standard InChI is InChI=1S/C13H18N2O5S/c1-13(2,8-11(14)16)15-21(18,19)10-6-4-5-9(7-10)12(17)20-3/h4-7,15H,8H2,1-3H3,(H2,14,16). The molecule has 1 rings (SSSR count). The molecule has 0 aromatic heterocycles. The van der Waals surface area contributed by atoms with Crippen LogP contribution in [0.1, 0.15) is 30.6 Å². The SMILES string of the molecule is COC(=O)c1cccc(S(=O)(=O)NC(C)(C)CC(N)=O)c1. The fraction of sp³-hybridized carbons (Fsp3) is 0.385. The summed E-state index contributed by atoms with van der Waals surface area (Å²) in [6.07, 6.45) is -0.150. The van der Waals surface area contributed by atoms with Crippen molar-refractivity contribution in [2.24, 2.45) is 5.73 Å². The first kappa shape index (κ1) is 17.1. The number of hydrogen-bond acceptors (Lipinski definition) is 5. The summed E-state index contributed by atoms with van der Waals surface area (Å²) in [4.78, 5) is 22.3. The zero-order valence-electron chi connectivity index (χ0n) is 12.0. The number of ether oxygens (including phenoxy) is 1. The Kier molecular flexibility index (Phi) is 5.08. The van der Waals surface area contributed by atoms with Gasteiger partial charge < -0.3 is 10.5 Å². The summed E-state index contributed by atoms with van der Waals surface area (Å²) >= 11 is 0. The molecule has 0 radical (unpaired) electrons. The predicted octanol–water partition coefficient (Wildman–Crippen LogP) is 0.405. The molecule has 21 heavy (non-hydrogen) atoms. The molecule has 0 aliphatic rings. The second-order valence-corrected chi connectivity index (χ2v) is 6.83. The number of nitrogens with two attached hydrogens (primary N) is 1. The molecule has 0 spiro atoms. The molecule has 0 aliphatic heterocycles. The number of primary amides is 1. The van der Waals surface area contributed by atoms with E-state index in [0.29, 0.717) is 0 Å². The zero-order chi connectivity index (χ0) is 16.3. The van der Waals surface area contributed by atoms with Gasteiger partial charge in [-0.05, 0) is 32.0 Å². The summed E-state index contributed by atoms with van der Waals surface area (Å²) in [5.41, 5.74) is 4.17. The van der Waals surface area contributed by atoms with E-state index in [2.05, 4.69) is 9.46 Å². The van der Waals surface area contributed by atoms with Gasteiger partial charge in [0.25, 0.3) is 0 Å². The molecule has 116 valence electrons. The van der Waals surface area contributed by atoms with Crippen molar-refractivity contribution in [2.75, 3.05) is 7.11 Å². The van der Waals surface area contributed by atoms with Crippen LogP contribution in [0.15, 0.2) is 29.2 Å². The van der Waals surface area contributed by atoms with E-state index in [-0.39, 0.29) is 16.9 Å². The molecular formula is C13H18N2O5S. The predicted molar refractivity (Wildman–Crippen MR) is 76.0 cm³/mol. The number of sulfonamides is 1. The van der Waals surface area contributed by atoms with Crippen LogP contribution in [0.25, 0.3) is 0 Å². The van der Waals surface area contributed by atoms with E-state index in [4.69, 9.17) is 5.73 Å². The number of carbonyl (C=O) groups excluding carboxylic acids is 2. The van der Waals surface area contributed by atoms with Gasteiger partial charge in [0.15, 0.2) is 0 Å². The first-order chi connectivity index (χ1) is 9.57. The van der Waals surface area contributed by atoms with Gasteiger partial charge in [0.1, 0.15) is 0 Å². The Labute approximate surface area is 123 Å². The molecule has 8 heteroatoms. The Hall–Kier alpha value is -1.93. The summed E-state index contributed by atoms with van der Waals surface area (Å²) in [6.45, 7) is 3.08. The Morgan fingerprint density at radius 1 is 1.33 bits per heavy atom. The van der Waals surface area contributed by atoms with E-state index in [1.165, 1.54) is 31.4 Å². The lowest BCUT2D eigenvalue weighted by Gasteiger charge is -2.24. The quantitative estimate of drug-likeness (QED) is 0.738. The highest BCUT2D eigenvalue weighted by Crippen LogP contribution is 2.17. The van der Waals surface area contributed by atoms with Gasteiger partial charge in [0, 0.05) is 12.0 Å². The van der Waals surface area contributed by atoms with Crippen molar-refractivity contribution in [2.45, 2.75) is 30.7 Å². The molecule has 0 aliphatic carbocycles. The van der Waals surface area contributed by atoms with Crippen molar-refractivity contribution < 1.29 is 22.7 Å². The smallest absolute Gasteiger partial charge is 0.337 e. The number of esters is 1. The van der Waals surface area contributed by atoms with Crippen molar-refractivity contribution in [1.29, 1.82) is 0 Å². The second-order valence-electron chi connectivity index (χ2n) is 5.15. The molecule has 0 atom stereocenters. The molecule has 3 N–H and O–H groups in total. The van der Waals surface area contributed by atoms with Gasteiger partial charge in [0.05, 0.1) is 17.6 Å². The summed E-state index contributed by atoms with van der Waals surface area (Å²) in [6, 6.07) is 5.42. The minimum atomic E-state index is -3.89. The van der Waals surface area contributed by atoms with Gasteiger partial charge in [-0.3, -0.25) is 4.79 Å². The van der Waals surface area contributed by atoms with Crippen LogP contribution in [-0.4, -0.2) is 32.9 Å². The van der Waals surface area contributed by atoms with Crippen molar-refractivity contribution >= 4 is 21.9 Å². The van der Waals surface area contributed by atoms with Crippen LogP contribution < -0.4 is 10.5 Å². The minimum Gasteiger partial charge on any atom is -0.465 e. The minimum absolute atomic E-state index is 0.0945. The Bertz CT molecular complexity index is 652. The Balaban J connectivity index is 3.08. The molecular weight excluding hydrogens is 296 g/mol. The molecule has 1 amide bonds. The summed E-state index contributed by atoms with van der Waals surface area (Å²) in [7, 11) is -2.69. The first-order valence-electron chi connectivity index (χ1n) is 6.08. The number of amides is 1. The van der Waals surface area contributed by atoms with Crippen LogP contribution in [-0.2, 0) is 19.6 Å². The normalized spacial score (nSPS) is 12.0. The lowest BCUT2D eigenvalue weighted by molar-refractivity contribution is -0.119. The summed E-state index contributed by atoms with van der Waals surface area (Å²) in [5.74, 6) is -1.26. The maximum atomic E-state index is 12.3. The highest BCUT2D eigenvalue weighted by atomic mass is 32.2. The first-order valence-corrected chi connectivity index (χ1v) is 7.56. The third-order valence-corrected chi connectivity index (χ3v) is 4.29. The largest absolute Gasteiger partial charge is 0.465 e. The molecule has 0 unspecified atom stereocenters. The Morgan fingerprint density at radius 2 is 1.95 bits per heavy atom. The van der Waals surface area contributed by atoms with Crippen LogP contribution >= 0.6 is 0 Å². The van der Waals surface area contributed by atoms with Crippen molar-refractivity contribution in [1.82, 2.24) is 4.72 Å². The highest BCUT2D eigenvalue weighted by Gasteiger charge is 2.28. The van der Waals surface area contributed by atoms with E-state index < -0.39 is 27.4 Å². The molecule has 0 saturated heterocycles. The van der Waals surface area contributed by atoms with Crippen LogP contribution in [0.2, 0.25) is 0 Å². The van der Waals surface area contributed by atoms with E-state index in [0.717, 1.165) is 0 Å². The lowest BCUT2D eigenvalue weighted by Crippen LogP contribution is -2.45. The van der Waals surface area contributed by atoms with E-state index in [1.807, 2.05) is 0 Å². The summed E-state index contributed by atoms with van der Waals surface area (Å²) < 4.78 is 31.5. The van der Waals surface area contributed by atoms with Gasteiger partial charge in [0.2, 0.25) is 15.9 Å². The third kappa shape index (κ3) is 4.83. The Morgan fingerprint density at radius 3 is 2.48 bits per heavy atom. The number of benzene rings is 1. The molecule has 0 fully saturated rings. The van der Waals surface area contributed by atoms with Crippen LogP contribution in [0.5, 0.6) is 0 Å². The molecule has 1 aromatic rings. The van der Waals surface area contributed by atoms with Crippen molar-refractivity contribution in [3.63, 3.8) is 0 Å². The average Bonchev–Trinajstić information content (AvgIpc) is 2.35. The van der Waals surface area contributed by atoms with Gasteiger partial charge in [-0.25, -0.2) is 17.9 Å². The lowest BCUT2D eigenvalue weighted by atomic mass is 10.0. The van der Waals surface area contributed by atoms with E-state index in [1.54, 1.807) is 13.8 Å². The number of nitrogens with one attached hydrogen (secondary N) is 1. The van der Waals surface area contributed by atoms with E-state index >= 15 is 0 Å². The second kappa shape index (κ2) is 6.23. The number of carbonyl (C=O) groups is 2. The van der Waals surface area contributed by atoms with Crippen LogP contribution in [0.4, 0.5) is 0 Å². The van der Waals surface area contributed by atoms with Gasteiger partial charge in [-0.15, -0.1) is 0 Å². The molecule has 0 saturated carbocycles. The maximum absolute atomic E-state index is 12.3. The highest BCUT2D eigenvalue weighted by molar-refractivity contribution is 7.89. The van der Waals surface area contributed by atoms with Gasteiger partial charge >= 0.3 is 5.97 Å². The number of hydrogen-bond donors (Lipinski definition) is 2. The zero-order valence-corrected chi connectivity index (χ0v) is 12.9. The molecule has 0 heterocycles. The van der Waals surface area contributed by atoms with Gasteiger partial charge in [-0.2, -0.15) is 0 Å². The molecule has 7 nitrogen and oxygen atoms in total. The summed E-state index contributed by atoms with van der Waals surface area (Å²) in [5, 5.41) is 0.